The van der Waals surface area contributed by atoms with Gasteiger partial charge >= 0.3 is 0 Å². The van der Waals surface area contributed by atoms with Gasteiger partial charge < -0.3 is 15.0 Å². The fourth-order valence-corrected chi connectivity index (χ4v) is 4.31. The van der Waals surface area contributed by atoms with Crippen LogP contribution >= 0.6 is 0 Å². The number of nitrogens with one attached hydrogen (secondary N) is 2. The maximum absolute atomic E-state index is 13.0. The lowest BCUT2D eigenvalue weighted by Crippen LogP contribution is -2.49. The van der Waals surface area contributed by atoms with Crippen molar-refractivity contribution in [1.82, 2.24) is 9.62 Å². The lowest BCUT2D eigenvalue weighted by molar-refractivity contribution is -0.135. The Hall–Kier alpha value is -2.91. The van der Waals surface area contributed by atoms with Gasteiger partial charge in [-0.25, -0.2) is 8.42 Å². The molecule has 0 radical (unpaired) electrons. The third-order valence-electron chi connectivity index (χ3n) is 4.74. The first-order valence-electron chi connectivity index (χ1n) is 10.3. The smallest absolute Gasteiger partial charge is 0.243 e. The maximum atomic E-state index is 13.0. The Morgan fingerprint density at radius 2 is 1.75 bits per heavy atom. The molecule has 2 rings (SSSR count). The zero-order valence-electron chi connectivity index (χ0n) is 19.1. The summed E-state index contributed by atoms with van der Waals surface area (Å²) < 4.78 is 33.3. The maximum Gasteiger partial charge on any atom is 0.243 e. The van der Waals surface area contributed by atoms with E-state index in [9.17, 15) is 18.0 Å². The van der Waals surface area contributed by atoms with Crippen LogP contribution in [0.1, 0.15) is 25.8 Å². The lowest BCUT2D eigenvalue weighted by Gasteiger charge is -2.25. The van der Waals surface area contributed by atoms with Gasteiger partial charge in [0, 0.05) is 18.8 Å². The van der Waals surface area contributed by atoms with Gasteiger partial charge in [-0.05, 0) is 43.5 Å². The number of ether oxygens (including phenoxy) is 1. The van der Waals surface area contributed by atoms with Gasteiger partial charge in [0.25, 0.3) is 0 Å². The molecule has 0 saturated carbocycles. The van der Waals surface area contributed by atoms with Crippen LogP contribution in [0.3, 0.4) is 0 Å². The number of benzene rings is 2. The van der Waals surface area contributed by atoms with Gasteiger partial charge in [0.2, 0.25) is 21.8 Å². The summed E-state index contributed by atoms with van der Waals surface area (Å²) in [5.74, 6) is -0.229. The third-order valence-corrected chi connectivity index (χ3v) is 6.23. The molecule has 2 amide bonds. The highest BCUT2D eigenvalue weighted by molar-refractivity contribution is 7.89. The summed E-state index contributed by atoms with van der Waals surface area (Å²) in [4.78, 5) is 26.8. The van der Waals surface area contributed by atoms with Gasteiger partial charge in [0.1, 0.15) is 11.8 Å². The quantitative estimate of drug-likeness (QED) is 0.566. The van der Waals surface area contributed by atoms with Crippen LogP contribution < -0.4 is 14.8 Å². The van der Waals surface area contributed by atoms with Gasteiger partial charge in [0.15, 0.2) is 0 Å². The fraction of sp³-hybridized carbons (Fsp3) is 0.391. The number of sulfonamides is 1. The molecule has 1 atom stereocenters. The van der Waals surface area contributed by atoms with Gasteiger partial charge in [-0.15, -0.1) is 0 Å². The van der Waals surface area contributed by atoms with Crippen molar-refractivity contribution in [2.45, 2.75) is 38.1 Å². The van der Waals surface area contributed by atoms with Gasteiger partial charge in [0.05, 0.1) is 18.6 Å². The standard InChI is InChI=1S/C23H31N3O5S/c1-16(2)13-21(25-32(29,30)20-11-9-17(3)10-12-20)23(28)26(4)15-22(27)24-18-7-6-8-19(14-18)31-5/h6-12,14,16,21,25H,13,15H2,1-5H3,(H,24,27)/t21-/m0/s1. The van der Waals surface area contributed by atoms with Crippen LogP contribution in [0.15, 0.2) is 53.4 Å². The fourth-order valence-electron chi connectivity index (χ4n) is 3.10. The molecule has 174 valence electrons. The molecule has 0 aromatic heterocycles. The predicted molar refractivity (Wildman–Crippen MR) is 124 cm³/mol. The molecule has 0 aliphatic heterocycles. The first-order valence-corrected chi connectivity index (χ1v) is 11.8. The summed E-state index contributed by atoms with van der Waals surface area (Å²) in [7, 11) is -0.896. The molecule has 9 heteroatoms. The van der Waals surface area contributed by atoms with Gasteiger partial charge in [-0.3, -0.25) is 9.59 Å². The van der Waals surface area contributed by atoms with Crippen molar-refractivity contribution >= 4 is 27.5 Å². The number of rotatable bonds is 10. The van der Waals surface area contributed by atoms with Gasteiger partial charge in [-0.2, -0.15) is 4.72 Å². The number of likely N-dealkylation sites (N-methyl/N-ethyl adjacent to an activating group) is 1. The molecule has 0 fully saturated rings. The Labute approximate surface area is 190 Å². The number of nitrogens with zero attached hydrogens (tertiary/aromatic N) is 1. The Bertz CT molecular complexity index is 1040. The largest absolute Gasteiger partial charge is 0.497 e. The lowest BCUT2D eigenvalue weighted by atomic mass is 10.0. The number of hydrogen-bond donors (Lipinski definition) is 2. The predicted octanol–water partition coefficient (Wildman–Crippen LogP) is 2.79. The Morgan fingerprint density at radius 3 is 2.34 bits per heavy atom. The number of carbonyl (C=O) groups is 2. The number of hydrogen-bond acceptors (Lipinski definition) is 5. The van der Waals surface area contributed by atoms with Crippen molar-refractivity contribution in [3.63, 3.8) is 0 Å². The van der Waals surface area contributed by atoms with Crippen molar-refractivity contribution < 1.29 is 22.7 Å². The average molecular weight is 462 g/mol. The Morgan fingerprint density at radius 1 is 1.09 bits per heavy atom. The number of amides is 2. The topological polar surface area (TPSA) is 105 Å². The molecular weight excluding hydrogens is 430 g/mol. The molecule has 2 aromatic carbocycles. The molecule has 2 aromatic rings. The summed E-state index contributed by atoms with van der Waals surface area (Å²) in [6.45, 7) is 5.43. The zero-order chi connectivity index (χ0) is 23.9. The van der Waals surface area contributed by atoms with Crippen molar-refractivity contribution in [2.75, 3.05) is 26.0 Å². The number of anilines is 1. The third kappa shape index (κ3) is 7.35. The van der Waals surface area contributed by atoms with Crippen molar-refractivity contribution in [2.24, 2.45) is 5.92 Å². The van der Waals surface area contributed by atoms with E-state index in [0.717, 1.165) is 5.56 Å². The van der Waals surface area contributed by atoms with Crippen molar-refractivity contribution in [3.8, 4) is 5.75 Å². The molecular formula is C23H31N3O5S. The second-order valence-corrected chi connectivity index (χ2v) is 9.80. The monoisotopic (exact) mass is 461 g/mol. The normalized spacial score (nSPS) is 12.3. The van der Waals surface area contributed by atoms with E-state index in [1.54, 1.807) is 36.4 Å². The van der Waals surface area contributed by atoms with E-state index in [4.69, 9.17) is 4.74 Å². The minimum absolute atomic E-state index is 0.0590. The second-order valence-electron chi connectivity index (χ2n) is 8.09. The van der Waals surface area contributed by atoms with E-state index in [-0.39, 0.29) is 17.4 Å². The first-order chi connectivity index (χ1) is 15.0. The van der Waals surface area contributed by atoms with Crippen LogP contribution in [0.25, 0.3) is 0 Å². The summed E-state index contributed by atoms with van der Waals surface area (Å²) in [6, 6.07) is 12.3. The highest BCUT2D eigenvalue weighted by atomic mass is 32.2. The summed E-state index contributed by atoms with van der Waals surface area (Å²) in [5.41, 5.74) is 1.47. The van der Waals surface area contributed by atoms with Crippen LogP contribution in [0.2, 0.25) is 0 Å². The van der Waals surface area contributed by atoms with E-state index < -0.39 is 27.9 Å². The molecule has 8 nitrogen and oxygen atoms in total. The van der Waals surface area contributed by atoms with Crippen LogP contribution in [0.4, 0.5) is 5.69 Å². The van der Waals surface area contributed by atoms with E-state index in [2.05, 4.69) is 10.0 Å². The van der Waals surface area contributed by atoms with Gasteiger partial charge in [-0.1, -0.05) is 37.6 Å². The van der Waals surface area contributed by atoms with E-state index >= 15 is 0 Å². The highest BCUT2D eigenvalue weighted by Gasteiger charge is 2.29. The number of methoxy groups -OCH3 is 1. The molecule has 0 aliphatic carbocycles. The summed E-state index contributed by atoms with van der Waals surface area (Å²) in [6.07, 6.45) is 0.297. The Balaban J connectivity index is 2.10. The van der Waals surface area contributed by atoms with Crippen LogP contribution in [-0.4, -0.2) is 51.9 Å². The van der Waals surface area contributed by atoms with Crippen molar-refractivity contribution in [3.05, 3.63) is 54.1 Å². The molecule has 0 heterocycles. The number of aryl methyl sites for hydroxylation is 1. The summed E-state index contributed by atoms with van der Waals surface area (Å²) in [5, 5.41) is 2.71. The summed E-state index contributed by atoms with van der Waals surface area (Å²) >= 11 is 0. The number of carbonyl (C=O) groups excluding carboxylic acids is 2. The van der Waals surface area contributed by atoms with Crippen LogP contribution in [0.5, 0.6) is 5.75 Å². The Kier molecular flexibility index (Phi) is 8.80. The van der Waals surface area contributed by atoms with Crippen molar-refractivity contribution in [1.29, 1.82) is 0 Å². The molecule has 32 heavy (non-hydrogen) atoms. The molecule has 2 N–H and O–H groups in total. The molecule has 0 unspecified atom stereocenters. The van der Waals surface area contributed by atoms with Crippen LogP contribution in [0, 0.1) is 12.8 Å². The zero-order valence-corrected chi connectivity index (χ0v) is 19.9. The minimum Gasteiger partial charge on any atom is -0.497 e. The highest BCUT2D eigenvalue weighted by Crippen LogP contribution is 2.17. The molecule has 0 bridgehead atoms. The average Bonchev–Trinajstić information content (AvgIpc) is 2.72. The SMILES string of the molecule is COc1cccc(NC(=O)CN(C)C(=O)[C@H](CC(C)C)NS(=O)(=O)c2ccc(C)cc2)c1. The first kappa shape index (κ1) is 25.4. The molecule has 0 spiro atoms. The van der Waals surface area contributed by atoms with Crippen LogP contribution in [-0.2, 0) is 19.6 Å². The second kappa shape index (κ2) is 11.1. The van der Waals surface area contributed by atoms with E-state index in [1.165, 1.54) is 31.2 Å². The van der Waals surface area contributed by atoms with E-state index in [1.807, 2.05) is 20.8 Å². The minimum atomic E-state index is -3.90. The molecule has 0 saturated heterocycles. The van der Waals surface area contributed by atoms with E-state index in [0.29, 0.717) is 17.9 Å². The molecule has 0 aliphatic rings.